The molecule has 90 valence electrons. The first kappa shape index (κ1) is 12.7. The molecule has 17 heavy (non-hydrogen) atoms. The van der Waals surface area contributed by atoms with Gasteiger partial charge in [-0.05, 0) is 45.9 Å². The minimum atomic E-state index is -0.800. The Labute approximate surface area is 112 Å². The number of aliphatic hydroxyl groups is 1. The summed E-state index contributed by atoms with van der Waals surface area (Å²) in [7, 11) is 0. The van der Waals surface area contributed by atoms with E-state index in [1.165, 1.54) is 6.07 Å². The summed E-state index contributed by atoms with van der Waals surface area (Å²) in [6.07, 6.45) is -0.372. The fraction of sp³-hybridized carbons (Fsp3) is 0.231. The average Bonchev–Trinajstić information content (AvgIpc) is 2.64. The lowest BCUT2D eigenvalue weighted by Gasteiger charge is -2.11. The van der Waals surface area contributed by atoms with Crippen molar-refractivity contribution in [1.29, 1.82) is 0 Å². The second-order valence-corrected chi connectivity index (χ2v) is 5.79. The maximum Gasteiger partial charge on any atom is 0.129 e. The molecule has 0 bridgehead atoms. The summed E-state index contributed by atoms with van der Waals surface area (Å²) in [5.41, 5.74) is 1.21. The summed E-state index contributed by atoms with van der Waals surface area (Å²) in [5, 5.41) is 12.0. The van der Waals surface area contributed by atoms with E-state index in [0.717, 1.165) is 14.9 Å². The van der Waals surface area contributed by atoms with Crippen LogP contribution in [-0.2, 0) is 6.42 Å². The highest BCUT2D eigenvalue weighted by atomic mass is 79.9. The van der Waals surface area contributed by atoms with E-state index in [0.29, 0.717) is 12.0 Å². The van der Waals surface area contributed by atoms with Gasteiger partial charge in [-0.2, -0.15) is 0 Å². The van der Waals surface area contributed by atoms with Crippen molar-refractivity contribution in [2.45, 2.75) is 19.4 Å². The standard InChI is InChI=1S/C13H12BrFOS/c1-8-2-3-9(11(15)6-8)12(16)7-13-10(14)4-5-17-13/h2-6,12,16H,7H2,1H3. The van der Waals surface area contributed by atoms with Crippen LogP contribution in [0.2, 0.25) is 0 Å². The first-order chi connectivity index (χ1) is 8.08. The predicted octanol–water partition coefficient (Wildman–Crippen LogP) is 4.23. The third-order valence-corrected chi connectivity index (χ3v) is 4.53. The van der Waals surface area contributed by atoms with Crippen LogP contribution >= 0.6 is 27.3 Å². The molecule has 0 fully saturated rings. The van der Waals surface area contributed by atoms with E-state index in [-0.39, 0.29) is 5.82 Å². The van der Waals surface area contributed by atoms with Gasteiger partial charge in [0.15, 0.2) is 0 Å². The molecule has 4 heteroatoms. The van der Waals surface area contributed by atoms with Crippen LogP contribution in [0.3, 0.4) is 0 Å². The summed E-state index contributed by atoms with van der Waals surface area (Å²) in [5.74, 6) is -0.342. The Hall–Kier alpha value is -0.710. The summed E-state index contributed by atoms with van der Waals surface area (Å²) < 4.78 is 14.6. The van der Waals surface area contributed by atoms with Gasteiger partial charge in [-0.3, -0.25) is 0 Å². The van der Waals surface area contributed by atoms with Gasteiger partial charge in [-0.15, -0.1) is 11.3 Å². The molecule has 0 saturated carbocycles. The van der Waals surface area contributed by atoms with E-state index in [1.807, 2.05) is 24.4 Å². The van der Waals surface area contributed by atoms with Gasteiger partial charge in [0.25, 0.3) is 0 Å². The van der Waals surface area contributed by atoms with Gasteiger partial charge in [-0.25, -0.2) is 4.39 Å². The van der Waals surface area contributed by atoms with Gasteiger partial charge in [0.05, 0.1) is 6.10 Å². The van der Waals surface area contributed by atoms with E-state index in [2.05, 4.69) is 15.9 Å². The first-order valence-electron chi connectivity index (χ1n) is 5.24. The molecular formula is C13H12BrFOS. The Kier molecular flexibility index (Phi) is 3.97. The number of hydrogen-bond donors (Lipinski definition) is 1. The Morgan fingerprint density at radius 2 is 2.18 bits per heavy atom. The van der Waals surface area contributed by atoms with Crippen LogP contribution in [-0.4, -0.2) is 5.11 Å². The van der Waals surface area contributed by atoms with Crippen molar-refractivity contribution in [2.24, 2.45) is 0 Å². The van der Waals surface area contributed by atoms with Gasteiger partial charge >= 0.3 is 0 Å². The molecule has 0 aliphatic carbocycles. The summed E-state index contributed by atoms with van der Waals surface area (Å²) in [6, 6.07) is 6.84. The number of hydrogen-bond acceptors (Lipinski definition) is 2. The minimum absolute atomic E-state index is 0.342. The first-order valence-corrected chi connectivity index (χ1v) is 6.91. The zero-order valence-corrected chi connectivity index (χ0v) is 11.7. The second kappa shape index (κ2) is 5.29. The molecule has 1 aromatic carbocycles. The number of benzene rings is 1. The van der Waals surface area contributed by atoms with E-state index in [4.69, 9.17) is 0 Å². The highest BCUT2D eigenvalue weighted by molar-refractivity contribution is 9.10. The van der Waals surface area contributed by atoms with Crippen molar-refractivity contribution in [3.63, 3.8) is 0 Å². The molecule has 1 aromatic heterocycles. The molecule has 0 aliphatic rings. The maximum atomic E-state index is 13.7. The van der Waals surface area contributed by atoms with Gasteiger partial charge < -0.3 is 5.11 Å². The lowest BCUT2D eigenvalue weighted by molar-refractivity contribution is 0.174. The zero-order valence-electron chi connectivity index (χ0n) is 9.28. The third kappa shape index (κ3) is 2.94. The summed E-state index contributed by atoms with van der Waals surface area (Å²) in [6.45, 7) is 1.83. The Bertz CT molecular complexity index is 524. The van der Waals surface area contributed by atoms with Gasteiger partial charge in [0.2, 0.25) is 0 Å². The van der Waals surface area contributed by atoms with Crippen LogP contribution in [0.1, 0.15) is 22.1 Å². The van der Waals surface area contributed by atoms with Crippen molar-refractivity contribution < 1.29 is 9.50 Å². The highest BCUT2D eigenvalue weighted by Crippen LogP contribution is 2.29. The van der Waals surface area contributed by atoms with Gasteiger partial charge in [0.1, 0.15) is 5.82 Å². The quantitative estimate of drug-likeness (QED) is 0.898. The summed E-state index contributed by atoms with van der Waals surface area (Å²) in [4.78, 5) is 1.03. The normalized spacial score (nSPS) is 12.7. The van der Waals surface area contributed by atoms with Crippen molar-refractivity contribution >= 4 is 27.3 Å². The molecule has 1 nitrogen and oxygen atoms in total. The Morgan fingerprint density at radius 1 is 1.41 bits per heavy atom. The average molecular weight is 315 g/mol. The second-order valence-electron chi connectivity index (χ2n) is 3.94. The van der Waals surface area contributed by atoms with E-state index >= 15 is 0 Å². The molecule has 1 heterocycles. The van der Waals surface area contributed by atoms with Gasteiger partial charge in [-0.1, -0.05) is 12.1 Å². The fourth-order valence-electron chi connectivity index (χ4n) is 1.66. The number of aliphatic hydroxyl groups excluding tert-OH is 1. The van der Waals surface area contributed by atoms with Crippen molar-refractivity contribution in [3.8, 4) is 0 Å². The number of thiophene rings is 1. The lowest BCUT2D eigenvalue weighted by Crippen LogP contribution is -2.04. The Morgan fingerprint density at radius 3 is 2.76 bits per heavy atom. The third-order valence-electron chi connectivity index (χ3n) is 2.58. The molecule has 0 saturated heterocycles. The molecule has 0 radical (unpaired) electrons. The molecule has 1 unspecified atom stereocenters. The smallest absolute Gasteiger partial charge is 0.129 e. The topological polar surface area (TPSA) is 20.2 Å². The number of rotatable bonds is 3. The fourth-order valence-corrected chi connectivity index (χ4v) is 3.21. The van der Waals surface area contributed by atoms with E-state index in [9.17, 15) is 9.50 Å². The zero-order chi connectivity index (χ0) is 12.4. The van der Waals surface area contributed by atoms with Gasteiger partial charge in [0, 0.05) is 21.3 Å². The van der Waals surface area contributed by atoms with E-state index in [1.54, 1.807) is 17.4 Å². The Balaban J connectivity index is 2.20. The predicted molar refractivity (Wildman–Crippen MR) is 71.8 cm³/mol. The highest BCUT2D eigenvalue weighted by Gasteiger charge is 2.15. The molecule has 0 aliphatic heterocycles. The minimum Gasteiger partial charge on any atom is -0.388 e. The summed E-state index contributed by atoms with van der Waals surface area (Å²) >= 11 is 4.96. The van der Waals surface area contributed by atoms with Crippen LogP contribution in [0.5, 0.6) is 0 Å². The van der Waals surface area contributed by atoms with Crippen molar-refractivity contribution in [3.05, 3.63) is 55.9 Å². The van der Waals surface area contributed by atoms with E-state index < -0.39 is 6.10 Å². The maximum absolute atomic E-state index is 13.7. The van der Waals surface area contributed by atoms with Crippen LogP contribution in [0.25, 0.3) is 0 Å². The van der Waals surface area contributed by atoms with Crippen LogP contribution in [0.4, 0.5) is 4.39 Å². The largest absolute Gasteiger partial charge is 0.388 e. The van der Waals surface area contributed by atoms with Crippen LogP contribution in [0.15, 0.2) is 34.1 Å². The number of halogens is 2. The molecule has 2 aromatic rings. The van der Waals surface area contributed by atoms with Crippen LogP contribution in [0, 0.1) is 12.7 Å². The molecule has 2 rings (SSSR count). The van der Waals surface area contributed by atoms with Crippen molar-refractivity contribution in [2.75, 3.05) is 0 Å². The van der Waals surface area contributed by atoms with Crippen LogP contribution < -0.4 is 0 Å². The number of aryl methyl sites for hydroxylation is 1. The SMILES string of the molecule is Cc1ccc(C(O)Cc2sccc2Br)c(F)c1. The molecular weight excluding hydrogens is 303 g/mol. The molecule has 0 spiro atoms. The molecule has 1 N–H and O–H groups in total. The monoisotopic (exact) mass is 314 g/mol. The molecule has 1 atom stereocenters. The lowest BCUT2D eigenvalue weighted by atomic mass is 10.0. The molecule has 0 amide bonds. The van der Waals surface area contributed by atoms with Crippen molar-refractivity contribution in [1.82, 2.24) is 0 Å².